The number of halogens is 1. The molecule has 0 aliphatic rings. The first-order chi connectivity index (χ1) is 9.10. The second-order valence-electron chi connectivity index (χ2n) is 4.21. The average Bonchev–Trinajstić information content (AvgIpc) is 2.84. The van der Waals surface area contributed by atoms with Gasteiger partial charge in [0.05, 0.1) is 16.9 Å². The number of thiophene rings is 1. The van der Waals surface area contributed by atoms with E-state index in [1.54, 1.807) is 30.3 Å². The molecule has 1 atom stereocenters. The number of hydrogen-bond acceptors (Lipinski definition) is 3. The molecular formula is C14H14ClNO2S. The van der Waals surface area contributed by atoms with E-state index in [0.29, 0.717) is 10.0 Å². The zero-order chi connectivity index (χ0) is 13.8. The van der Waals surface area contributed by atoms with Crippen LogP contribution in [0.15, 0.2) is 36.4 Å². The first-order valence-corrected chi connectivity index (χ1v) is 7.05. The summed E-state index contributed by atoms with van der Waals surface area (Å²) >= 11 is 7.27. The molecular weight excluding hydrogens is 282 g/mol. The normalized spacial score (nSPS) is 12.2. The van der Waals surface area contributed by atoms with Gasteiger partial charge in [-0.2, -0.15) is 0 Å². The van der Waals surface area contributed by atoms with Crippen LogP contribution in [0.5, 0.6) is 0 Å². The molecule has 19 heavy (non-hydrogen) atoms. The van der Waals surface area contributed by atoms with Crippen LogP contribution in [-0.4, -0.2) is 11.0 Å². The zero-order valence-corrected chi connectivity index (χ0v) is 12.0. The summed E-state index contributed by atoms with van der Waals surface area (Å²) in [6, 6.07) is 10.8. The number of anilines is 1. The van der Waals surface area contributed by atoms with E-state index in [2.05, 4.69) is 5.32 Å². The highest BCUT2D eigenvalue weighted by molar-refractivity contribution is 7.16. The number of aliphatic hydroxyl groups excluding tert-OH is 1. The number of carbonyl (C=O) groups excluding carboxylic acids is 1. The summed E-state index contributed by atoms with van der Waals surface area (Å²) in [5, 5.41) is 11.9. The van der Waals surface area contributed by atoms with Crippen molar-refractivity contribution in [1.29, 1.82) is 0 Å². The van der Waals surface area contributed by atoms with Gasteiger partial charge in [-0.1, -0.05) is 23.7 Å². The fraction of sp³-hybridized carbons (Fsp3) is 0.214. The van der Waals surface area contributed by atoms with Crippen LogP contribution >= 0.6 is 22.9 Å². The Morgan fingerprint density at radius 2 is 2.21 bits per heavy atom. The van der Waals surface area contributed by atoms with Gasteiger partial charge in [-0.15, -0.1) is 11.3 Å². The lowest BCUT2D eigenvalue weighted by atomic mass is 10.1. The van der Waals surface area contributed by atoms with Crippen molar-refractivity contribution in [3.05, 3.63) is 51.2 Å². The largest absolute Gasteiger partial charge is 0.392 e. The highest BCUT2D eigenvalue weighted by Crippen LogP contribution is 2.28. The van der Waals surface area contributed by atoms with E-state index in [0.717, 1.165) is 10.4 Å². The minimum atomic E-state index is -0.254. The molecule has 0 saturated carbocycles. The molecule has 2 N–H and O–H groups in total. The summed E-state index contributed by atoms with van der Waals surface area (Å²) in [5.74, 6) is -0.344. The molecule has 0 spiro atoms. The van der Waals surface area contributed by atoms with Gasteiger partial charge in [-0.25, -0.2) is 0 Å². The molecule has 2 aromatic rings. The van der Waals surface area contributed by atoms with E-state index in [1.807, 2.05) is 13.0 Å². The van der Waals surface area contributed by atoms with Crippen molar-refractivity contribution in [3.63, 3.8) is 0 Å². The van der Waals surface area contributed by atoms with E-state index in [9.17, 15) is 4.79 Å². The van der Waals surface area contributed by atoms with Gasteiger partial charge in [0, 0.05) is 10.6 Å². The van der Waals surface area contributed by atoms with Gasteiger partial charge in [0.1, 0.15) is 0 Å². The molecule has 0 aliphatic heterocycles. The molecule has 5 heteroatoms. The number of aliphatic hydroxyl groups is 1. The van der Waals surface area contributed by atoms with Crippen LogP contribution in [0.3, 0.4) is 0 Å². The van der Waals surface area contributed by atoms with Crippen molar-refractivity contribution < 1.29 is 9.90 Å². The summed E-state index contributed by atoms with van der Waals surface area (Å²) < 4.78 is 0.678. The first kappa shape index (κ1) is 14.1. The second-order valence-corrected chi connectivity index (χ2v) is 5.96. The Morgan fingerprint density at radius 3 is 2.84 bits per heavy atom. The van der Waals surface area contributed by atoms with Gasteiger partial charge < -0.3 is 10.4 Å². The molecule has 0 saturated heterocycles. The molecule has 2 rings (SSSR count). The summed E-state index contributed by atoms with van der Waals surface area (Å²) in [6.07, 6.45) is 0. The maximum Gasteiger partial charge on any atom is 0.232 e. The van der Waals surface area contributed by atoms with Crippen LogP contribution in [0, 0.1) is 0 Å². The average molecular weight is 296 g/mol. The van der Waals surface area contributed by atoms with Crippen molar-refractivity contribution in [2.75, 3.05) is 5.32 Å². The lowest BCUT2D eigenvalue weighted by Crippen LogP contribution is -2.18. The van der Waals surface area contributed by atoms with Gasteiger partial charge in [-0.3, -0.25) is 4.79 Å². The highest BCUT2D eigenvalue weighted by atomic mass is 35.5. The minimum absolute atomic E-state index is 0.0419. The molecule has 3 nitrogen and oxygen atoms in total. The van der Waals surface area contributed by atoms with Crippen LogP contribution in [0.1, 0.15) is 23.3 Å². The van der Waals surface area contributed by atoms with E-state index in [4.69, 9.17) is 16.7 Å². The number of carbonyl (C=O) groups is 1. The van der Waals surface area contributed by atoms with Crippen LogP contribution in [0.25, 0.3) is 0 Å². The molecule has 1 aromatic carbocycles. The van der Waals surface area contributed by atoms with Gasteiger partial charge in [-0.05, 0) is 36.8 Å². The predicted molar refractivity (Wildman–Crippen MR) is 78.7 cm³/mol. The Kier molecular flexibility index (Phi) is 4.58. The molecule has 0 bridgehead atoms. The molecule has 1 heterocycles. The Labute approximate surface area is 120 Å². The Balaban J connectivity index is 2.08. The molecule has 100 valence electrons. The van der Waals surface area contributed by atoms with E-state index >= 15 is 0 Å². The predicted octanol–water partition coefficient (Wildman–Crippen LogP) is 3.64. The smallest absolute Gasteiger partial charge is 0.232 e. The van der Waals surface area contributed by atoms with E-state index < -0.39 is 0 Å². The third-order valence-corrected chi connectivity index (χ3v) is 4.21. The van der Waals surface area contributed by atoms with Crippen molar-refractivity contribution in [2.24, 2.45) is 0 Å². The van der Waals surface area contributed by atoms with Gasteiger partial charge in [0.15, 0.2) is 0 Å². The first-order valence-electron chi connectivity index (χ1n) is 5.86. The van der Waals surface area contributed by atoms with Crippen molar-refractivity contribution >= 4 is 34.5 Å². The van der Waals surface area contributed by atoms with Crippen LogP contribution in [-0.2, 0) is 11.4 Å². The quantitative estimate of drug-likeness (QED) is 0.905. The maximum absolute atomic E-state index is 12.1. The summed E-state index contributed by atoms with van der Waals surface area (Å²) in [4.78, 5) is 13.0. The molecule has 1 aromatic heterocycles. The number of benzene rings is 1. The number of hydrogen-bond donors (Lipinski definition) is 2. The lowest BCUT2D eigenvalue weighted by molar-refractivity contribution is -0.117. The second kappa shape index (κ2) is 6.19. The summed E-state index contributed by atoms with van der Waals surface area (Å²) in [5.41, 5.74) is 1.45. The molecule has 0 radical (unpaired) electrons. The fourth-order valence-corrected chi connectivity index (χ4v) is 2.80. The Bertz CT molecular complexity index is 582. The number of rotatable bonds is 4. The standard InChI is InChI=1S/C14H14ClNO2S/c1-9(12-5-6-13(15)19-12)14(18)16-11-4-2-3-10(7-11)8-17/h2-7,9,17H,8H2,1H3,(H,16,18). The summed E-state index contributed by atoms with van der Waals surface area (Å²) in [6.45, 7) is 1.80. The van der Waals surface area contributed by atoms with Crippen molar-refractivity contribution in [3.8, 4) is 0 Å². The van der Waals surface area contributed by atoms with Gasteiger partial charge in [0.2, 0.25) is 5.91 Å². The zero-order valence-electron chi connectivity index (χ0n) is 10.4. The molecule has 0 aliphatic carbocycles. The number of nitrogens with one attached hydrogen (secondary N) is 1. The summed E-state index contributed by atoms with van der Waals surface area (Å²) in [7, 11) is 0. The monoisotopic (exact) mass is 295 g/mol. The van der Waals surface area contributed by atoms with Crippen LogP contribution in [0.2, 0.25) is 4.34 Å². The van der Waals surface area contributed by atoms with Crippen LogP contribution < -0.4 is 5.32 Å². The fourth-order valence-electron chi connectivity index (χ4n) is 1.69. The minimum Gasteiger partial charge on any atom is -0.392 e. The molecule has 1 amide bonds. The van der Waals surface area contributed by atoms with Crippen LogP contribution in [0.4, 0.5) is 5.69 Å². The highest BCUT2D eigenvalue weighted by Gasteiger charge is 2.17. The third kappa shape index (κ3) is 3.56. The van der Waals surface area contributed by atoms with Gasteiger partial charge in [0.25, 0.3) is 0 Å². The number of amides is 1. The van der Waals surface area contributed by atoms with Crippen molar-refractivity contribution in [1.82, 2.24) is 0 Å². The van der Waals surface area contributed by atoms with Gasteiger partial charge >= 0.3 is 0 Å². The SMILES string of the molecule is CC(C(=O)Nc1cccc(CO)c1)c1ccc(Cl)s1. The third-order valence-electron chi connectivity index (χ3n) is 2.79. The maximum atomic E-state index is 12.1. The Hall–Kier alpha value is -1.36. The van der Waals surface area contributed by atoms with E-state index in [-0.39, 0.29) is 18.4 Å². The lowest BCUT2D eigenvalue weighted by Gasteiger charge is -2.11. The Morgan fingerprint density at radius 1 is 1.42 bits per heavy atom. The van der Waals surface area contributed by atoms with E-state index in [1.165, 1.54) is 11.3 Å². The van der Waals surface area contributed by atoms with Crippen molar-refractivity contribution in [2.45, 2.75) is 19.4 Å². The molecule has 0 fully saturated rings. The molecule has 1 unspecified atom stereocenters. The topological polar surface area (TPSA) is 49.3 Å².